The van der Waals surface area contributed by atoms with Gasteiger partial charge in [-0.3, -0.25) is 14.6 Å². The Morgan fingerprint density at radius 3 is 2.56 bits per heavy atom. The molecule has 55 heavy (non-hydrogen) atoms. The maximum atomic E-state index is 13.1. The van der Waals surface area contributed by atoms with Crippen LogP contribution in [0.3, 0.4) is 0 Å². The van der Waals surface area contributed by atoms with E-state index in [1.54, 1.807) is 42.7 Å². The molecule has 6 atom stereocenters. The molecule has 1 aliphatic carbocycles. The zero-order valence-electron chi connectivity index (χ0n) is 30.1. The molecule has 4 aromatic rings. The number of ether oxygens (including phenoxy) is 2. The Hall–Kier alpha value is -5.08. The van der Waals surface area contributed by atoms with Crippen molar-refractivity contribution >= 4 is 28.3 Å². The maximum absolute atomic E-state index is 13.1. The van der Waals surface area contributed by atoms with Crippen LogP contribution in [0.4, 0.5) is 18.9 Å². The highest BCUT2D eigenvalue weighted by Crippen LogP contribution is 2.36. The topological polar surface area (TPSA) is 164 Å². The van der Waals surface area contributed by atoms with Crippen molar-refractivity contribution in [2.24, 2.45) is 17.6 Å². The summed E-state index contributed by atoms with van der Waals surface area (Å²) in [5.74, 6) is -1.93. The van der Waals surface area contributed by atoms with Crippen LogP contribution < -0.4 is 15.8 Å². The van der Waals surface area contributed by atoms with Crippen molar-refractivity contribution in [3.63, 3.8) is 0 Å². The van der Waals surface area contributed by atoms with E-state index in [9.17, 15) is 38.1 Å². The first-order valence-corrected chi connectivity index (χ1v) is 18.2. The van der Waals surface area contributed by atoms with Crippen LogP contribution >= 0.6 is 0 Å². The molecule has 0 bridgehead atoms. The van der Waals surface area contributed by atoms with Crippen molar-refractivity contribution in [2.45, 2.75) is 69.1 Å². The predicted molar refractivity (Wildman–Crippen MR) is 202 cm³/mol. The molecule has 1 amide bonds. The Kier molecular flexibility index (Phi) is 14.6. The lowest BCUT2D eigenvalue weighted by atomic mass is 9.89. The number of allylic oxidation sites excluding steroid dienone is 2. The lowest BCUT2D eigenvalue weighted by molar-refractivity contribution is -0.145. The summed E-state index contributed by atoms with van der Waals surface area (Å²) in [6.45, 7) is -0.0853. The van der Waals surface area contributed by atoms with E-state index in [1.807, 2.05) is 36.4 Å². The van der Waals surface area contributed by atoms with E-state index in [4.69, 9.17) is 15.2 Å². The van der Waals surface area contributed by atoms with Gasteiger partial charge in [0.1, 0.15) is 25.1 Å². The number of aromatic nitrogens is 1. The fourth-order valence-electron chi connectivity index (χ4n) is 6.56. The smallest absolute Gasteiger partial charge is 0.416 e. The summed E-state index contributed by atoms with van der Waals surface area (Å²) in [7, 11) is 0. The van der Waals surface area contributed by atoms with Gasteiger partial charge in [0.2, 0.25) is 5.91 Å². The third-order valence-electron chi connectivity index (χ3n) is 9.62. The van der Waals surface area contributed by atoms with Gasteiger partial charge in [0.15, 0.2) is 0 Å². The van der Waals surface area contributed by atoms with Gasteiger partial charge in [-0.15, -0.1) is 0 Å². The highest BCUT2D eigenvalue weighted by Gasteiger charge is 2.39. The number of rotatable bonds is 17. The summed E-state index contributed by atoms with van der Waals surface area (Å²) in [5.41, 5.74) is 7.29. The first-order chi connectivity index (χ1) is 26.4. The second kappa shape index (κ2) is 19.5. The lowest BCUT2D eigenvalue weighted by Crippen LogP contribution is -2.27. The fourth-order valence-corrected chi connectivity index (χ4v) is 6.56. The van der Waals surface area contributed by atoms with E-state index < -0.39 is 41.9 Å². The van der Waals surface area contributed by atoms with E-state index in [2.05, 4.69) is 10.3 Å². The molecule has 1 unspecified atom stereocenters. The fraction of sp³-hybridized carbons (Fsp3) is 0.357. The summed E-state index contributed by atoms with van der Waals surface area (Å²) in [6.07, 6.45) is 5.02. The van der Waals surface area contributed by atoms with E-state index in [0.717, 1.165) is 34.0 Å². The molecular weight excluding hydrogens is 715 g/mol. The molecule has 13 heteroatoms. The van der Waals surface area contributed by atoms with Crippen LogP contribution in [-0.2, 0) is 27.1 Å². The molecule has 1 aliphatic rings. The Bertz CT molecular complexity index is 1940. The summed E-state index contributed by atoms with van der Waals surface area (Å²) in [4.78, 5) is 29.6. The van der Waals surface area contributed by atoms with E-state index in [-0.39, 0.29) is 56.1 Å². The van der Waals surface area contributed by atoms with Crippen LogP contribution in [0, 0.1) is 11.8 Å². The highest BCUT2D eigenvalue weighted by atomic mass is 19.4. The minimum Gasteiger partial charge on any atom is -0.491 e. The van der Waals surface area contributed by atoms with Crippen molar-refractivity contribution in [1.29, 1.82) is 0 Å². The summed E-state index contributed by atoms with van der Waals surface area (Å²) in [5, 5.41) is 36.2. The number of pyridine rings is 1. The van der Waals surface area contributed by atoms with Crippen molar-refractivity contribution in [3.05, 3.63) is 126 Å². The Morgan fingerprint density at radius 2 is 1.80 bits per heavy atom. The zero-order valence-corrected chi connectivity index (χ0v) is 30.1. The van der Waals surface area contributed by atoms with Crippen LogP contribution in [0.1, 0.15) is 54.7 Å². The van der Waals surface area contributed by atoms with Crippen LogP contribution in [0.15, 0.2) is 109 Å². The number of anilines is 1. The van der Waals surface area contributed by atoms with Gasteiger partial charge < -0.3 is 35.8 Å². The number of benzene rings is 3. The normalized spacial score (nSPS) is 19.8. The summed E-state index contributed by atoms with van der Waals surface area (Å²) in [6, 6.07) is 19.1. The number of carbonyl (C=O) groups is 2. The third kappa shape index (κ3) is 12.0. The molecule has 3 aromatic carbocycles. The number of hydrogen-bond donors (Lipinski definition) is 5. The number of aliphatic hydroxyl groups is 3. The first kappa shape index (κ1) is 41.1. The molecule has 1 heterocycles. The quantitative estimate of drug-likeness (QED) is 0.0462. The van der Waals surface area contributed by atoms with Crippen molar-refractivity contribution in [1.82, 2.24) is 4.98 Å². The average Bonchev–Trinajstić information content (AvgIpc) is 3.44. The molecule has 0 aliphatic heterocycles. The Labute approximate surface area is 317 Å². The van der Waals surface area contributed by atoms with Gasteiger partial charge in [-0.05, 0) is 78.1 Å². The zero-order chi connectivity index (χ0) is 39.4. The lowest BCUT2D eigenvalue weighted by Gasteiger charge is -2.19. The van der Waals surface area contributed by atoms with Crippen molar-refractivity contribution in [3.8, 4) is 5.75 Å². The van der Waals surface area contributed by atoms with E-state index in [1.165, 1.54) is 18.2 Å². The van der Waals surface area contributed by atoms with Gasteiger partial charge in [0.05, 0.1) is 23.7 Å². The number of aliphatic hydroxyl groups excluding tert-OH is 3. The molecule has 0 spiro atoms. The van der Waals surface area contributed by atoms with Crippen LogP contribution in [-0.4, -0.2) is 63.6 Å². The predicted octanol–water partition coefficient (Wildman–Crippen LogP) is 6.45. The molecule has 1 aromatic heterocycles. The second-order valence-electron chi connectivity index (χ2n) is 13.6. The SMILES string of the molecule is NCC(C(=O)Nc1ccc2cnccc2c1)c1ccc(COC(=O)CCCC=CC[C@@H]2[C@@H](C=C[C@@H](O)COc3cccc(C(F)(F)F)c3)[C@H](O)C[C@@H]2O)cc1. The van der Waals surface area contributed by atoms with Crippen molar-refractivity contribution in [2.75, 3.05) is 18.5 Å². The number of nitrogens with two attached hydrogens (primary N) is 1. The Balaban J connectivity index is 1.00. The molecule has 5 rings (SSSR count). The summed E-state index contributed by atoms with van der Waals surface area (Å²) >= 11 is 0. The number of alkyl halides is 3. The number of carbonyl (C=O) groups excluding carboxylic acids is 2. The van der Waals surface area contributed by atoms with Crippen LogP contribution in [0.25, 0.3) is 10.8 Å². The minimum absolute atomic E-state index is 0.0300. The van der Waals surface area contributed by atoms with Crippen LogP contribution in [0.2, 0.25) is 0 Å². The van der Waals surface area contributed by atoms with E-state index >= 15 is 0 Å². The van der Waals surface area contributed by atoms with Crippen LogP contribution in [0.5, 0.6) is 5.75 Å². The molecular formula is C42H46F3N3O7. The number of nitrogens with zero attached hydrogens (tertiary/aromatic N) is 1. The standard InChI is InChI=1S/C42H46F3N3O7/c43-42(44,45)31-6-5-7-34(21-31)54-26-33(49)16-17-36-35(38(50)22-39(36)51)8-3-1-2-4-9-40(52)55-25-27-10-12-28(13-11-27)37(23-46)41(53)48-32-15-14-30-24-47-19-18-29(30)20-32/h1,3,5-7,10-21,24,33,35-39,49-51H,2,4,8-9,22-23,25-26,46H2,(H,48,53)/t33-,35-,36-,37?,38+,39-/m1/s1. The number of hydrogen-bond acceptors (Lipinski definition) is 9. The van der Waals surface area contributed by atoms with Gasteiger partial charge in [0, 0.05) is 48.8 Å². The number of unbranched alkanes of at least 4 members (excludes halogenated alkanes) is 1. The first-order valence-electron chi connectivity index (χ1n) is 18.2. The average molecular weight is 762 g/mol. The van der Waals surface area contributed by atoms with Gasteiger partial charge >= 0.3 is 12.1 Å². The molecule has 0 radical (unpaired) electrons. The molecule has 0 saturated heterocycles. The number of fused-ring (bicyclic) bond motifs is 1. The number of nitrogens with one attached hydrogen (secondary N) is 1. The number of amides is 1. The molecule has 1 fully saturated rings. The Morgan fingerprint density at radius 1 is 1.00 bits per heavy atom. The molecule has 292 valence electrons. The summed E-state index contributed by atoms with van der Waals surface area (Å²) < 4.78 is 49.6. The van der Waals surface area contributed by atoms with Gasteiger partial charge in [-0.2, -0.15) is 13.2 Å². The second-order valence-corrected chi connectivity index (χ2v) is 13.6. The molecule has 1 saturated carbocycles. The van der Waals surface area contributed by atoms with Crippen molar-refractivity contribution < 1.29 is 47.6 Å². The maximum Gasteiger partial charge on any atom is 0.416 e. The number of esters is 1. The molecule has 6 N–H and O–H groups in total. The van der Waals surface area contributed by atoms with Gasteiger partial charge in [-0.1, -0.05) is 60.7 Å². The minimum atomic E-state index is -4.51. The highest BCUT2D eigenvalue weighted by molar-refractivity contribution is 5.98. The third-order valence-corrected chi connectivity index (χ3v) is 9.62. The monoisotopic (exact) mass is 761 g/mol. The molecule has 10 nitrogen and oxygen atoms in total. The number of halogens is 3. The van der Waals surface area contributed by atoms with Gasteiger partial charge in [0.25, 0.3) is 0 Å². The largest absolute Gasteiger partial charge is 0.491 e. The van der Waals surface area contributed by atoms with Gasteiger partial charge in [-0.25, -0.2) is 0 Å². The van der Waals surface area contributed by atoms with E-state index in [0.29, 0.717) is 24.9 Å².